The zero-order chi connectivity index (χ0) is 15.7. The van der Waals surface area contributed by atoms with Gasteiger partial charge in [-0.25, -0.2) is 15.0 Å². The number of hydrogen-bond acceptors (Lipinski definition) is 5. The van der Waals surface area contributed by atoms with Gasteiger partial charge >= 0.3 is 6.18 Å². The van der Waals surface area contributed by atoms with E-state index in [4.69, 9.17) is 0 Å². The lowest BCUT2D eigenvalue weighted by Gasteiger charge is -2.20. The van der Waals surface area contributed by atoms with Gasteiger partial charge in [0.2, 0.25) is 0 Å². The molecule has 2 aromatic heterocycles. The van der Waals surface area contributed by atoms with Crippen LogP contribution in [0.5, 0.6) is 0 Å². The Morgan fingerprint density at radius 3 is 2.48 bits per heavy atom. The van der Waals surface area contributed by atoms with Crippen LogP contribution in [0.15, 0.2) is 18.6 Å². The molecular weight excluding hydrogens is 301 g/mol. The van der Waals surface area contributed by atoms with Gasteiger partial charge in [-0.3, -0.25) is 0 Å². The molecule has 0 aliphatic rings. The highest BCUT2D eigenvalue weighted by atomic mass is 32.1. The largest absolute Gasteiger partial charge is 0.434 e. The summed E-state index contributed by atoms with van der Waals surface area (Å²) in [6.07, 6.45) is -1.71. The van der Waals surface area contributed by atoms with Crippen molar-refractivity contribution in [2.45, 2.75) is 39.0 Å². The summed E-state index contributed by atoms with van der Waals surface area (Å²) in [6.45, 7) is 5.80. The number of rotatable bonds is 3. The first-order valence-corrected chi connectivity index (χ1v) is 7.07. The fourth-order valence-corrected chi connectivity index (χ4v) is 2.56. The van der Waals surface area contributed by atoms with Crippen molar-refractivity contribution < 1.29 is 13.2 Å². The van der Waals surface area contributed by atoms with E-state index in [1.807, 2.05) is 20.8 Å². The Kier molecular flexibility index (Phi) is 4.29. The van der Waals surface area contributed by atoms with Crippen LogP contribution in [0.2, 0.25) is 0 Å². The molecule has 2 aromatic rings. The van der Waals surface area contributed by atoms with Gasteiger partial charge in [0.15, 0.2) is 5.69 Å². The Balaban J connectivity index is 2.36. The van der Waals surface area contributed by atoms with Crippen LogP contribution in [0.1, 0.15) is 31.3 Å². The van der Waals surface area contributed by atoms with Crippen LogP contribution in [-0.2, 0) is 12.7 Å². The minimum absolute atomic E-state index is 0.112. The molecule has 2 rings (SSSR count). The Bertz CT molecular complexity index is 602. The Hall–Kier alpha value is -1.54. The summed E-state index contributed by atoms with van der Waals surface area (Å²) in [5.41, 5.74) is -0.734. The summed E-state index contributed by atoms with van der Waals surface area (Å²) >= 11 is 0.996. The lowest BCUT2D eigenvalue weighted by molar-refractivity contribution is -0.141. The summed E-state index contributed by atoms with van der Waals surface area (Å²) in [6, 6.07) is 1.54. The quantitative estimate of drug-likeness (QED) is 0.941. The number of thiazole rings is 1. The molecule has 0 saturated heterocycles. The maximum atomic E-state index is 13.1. The van der Waals surface area contributed by atoms with E-state index in [9.17, 15) is 13.2 Å². The van der Waals surface area contributed by atoms with Crippen LogP contribution in [0.3, 0.4) is 0 Å². The second-order valence-corrected chi connectivity index (χ2v) is 6.57. The van der Waals surface area contributed by atoms with E-state index >= 15 is 0 Å². The standard InChI is InChI=1S/C13H15F3N4S/c1-12(2,3)19-6-9-10(13(14,15)16)20-11(21-9)8-4-5-17-7-18-8/h4-5,7,19H,6H2,1-3H3. The number of alkyl halides is 3. The smallest absolute Gasteiger partial charge is 0.307 e. The van der Waals surface area contributed by atoms with Gasteiger partial charge < -0.3 is 5.32 Å². The zero-order valence-electron chi connectivity index (χ0n) is 11.8. The number of nitrogens with zero attached hydrogens (tertiary/aromatic N) is 3. The van der Waals surface area contributed by atoms with Crippen LogP contribution in [0.25, 0.3) is 10.7 Å². The van der Waals surface area contributed by atoms with E-state index in [-0.39, 0.29) is 22.0 Å². The van der Waals surface area contributed by atoms with Gasteiger partial charge in [-0.1, -0.05) is 0 Å². The molecule has 8 heteroatoms. The van der Waals surface area contributed by atoms with E-state index in [0.717, 1.165) is 11.3 Å². The normalized spacial score (nSPS) is 12.7. The predicted molar refractivity (Wildman–Crippen MR) is 74.7 cm³/mol. The van der Waals surface area contributed by atoms with Crippen molar-refractivity contribution in [2.24, 2.45) is 0 Å². The van der Waals surface area contributed by atoms with Crippen LogP contribution in [0, 0.1) is 0 Å². The third-order valence-electron chi connectivity index (χ3n) is 2.55. The molecule has 0 fully saturated rings. The van der Waals surface area contributed by atoms with Crippen molar-refractivity contribution in [3.05, 3.63) is 29.2 Å². The molecule has 0 aliphatic carbocycles. The summed E-state index contributed by atoms with van der Waals surface area (Å²) in [7, 11) is 0. The van der Waals surface area contributed by atoms with Gasteiger partial charge in [0, 0.05) is 18.3 Å². The predicted octanol–water partition coefficient (Wildman–Crippen LogP) is 3.51. The molecule has 114 valence electrons. The van der Waals surface area contributed by atoms with Crippen LogP contribution >= 0.6 is 11.3 Å². The molecule has 0 unspecified atom stereocenters. The monoisotopic (exact) mass is 316 g/mol. The lowest BCUT2D eigenvalue weighted by Crippen LogP contribution is -2.35. The highest BCUT2D eigenvalue weighted by Crippen LogP contribution is 2.37. The SMILES string of the molecule is CC(C)(C)NCc1sc(-c2ccncn2)nc1C(F)(F)F. The van der Waals surface area contributed by atoms with E-state index < -0.39 is 11.9 Å². The van der Waals surface area contributed by atoms with Gasteiger partial charge in [0.05, 0.1) is 4.88 Å². The molecule has 0 saturated carbocycles. The Morgan fingerprint density at radius 2 is 1.95 bits per heavy atom. The van der Waals surface area contributed by atoms with Crippen molar-refractivity contribution in [1.82, 2.24) is 20.3 Å². The Morgan fingerprint density at radius 1 is 1.24 bits per heavy atom. The minimum Gasteiger partial charge on any atom is -0.307 e. The maximum Gasteiger partial charge on any atom is 0.434 e. The van der Waals surface area contributed by atoms with Gasteiger partial charge in [-0.2, -0.15) is 13.2 Å². The molecule has 0 spiro atoms. The molecule has 0 aromatic carbocycles. The number of hydrogen-bond donors (Lipinski definition) is 1. The van der Waals surface area contributed by atoms with Gasteiger partial charge in [0.1, 0.15) is 17.0 Å². The molecule has 21 heavy (non-hydrogen) atoms. The second kappa shape index (κ2) is 5.69. The number of halogens is 3. The van der Waals surface area contributed by atoms with Crippen molar-refractivity contribution in [2.75, 3.05) is 0 Å². The average Bonchev–Trinajstić information content (AvgIpc) is 2.81. The summed E-state index contributed by atoms with van der Waals surface area (Å²) < 4.78 is 39.2. The van der Waals surface area contributed by atoms with E-state index in [2.05, 4.69) is 20.3 Å². The lowest BCUT2D eigenvalue weighted by atomic mass is 10.1. The van der Waals surface area contributed by atoms with Crippen LogP contribution < -0.4 is 5.32 Å². The first-order chi connectivity index (χ1) is 9.67. The number of nitrogens with one attached hydrogen (secondary N) is 1. The average molecular weight is 316 g/mol. The molecule has 0 radical (unpaired) electrons. The topological polar surface area (TPSA) is 50.7 Å². The highest BCUT2D eigenvalue weighted by Gasteiger charge is 2.37. The molecule has 0 aliphatic heterocycles. The first kappa shape index (κ1) is 15.8. The number of aromatic nitrogens is 3. The Labute approximate surface area is 124 Å². The molecular formula is C13H15F3N4S. The van der Waals surface area contributed by atoms with E-state index in [1.165, 1.54) is 12.5 Å². The molecule has 0 bridgehead atoms. The summed E-state index contributed by atoms with van der Waals surface area (Å²) in [4.78, 5) is 11.6. The fourth-order valence-electron chi connectivity index (χ4n) is 1.57. The molecule has 1 N–H and O–H groups in total. The molecule has 0 atom stereocenters. The van der Waals surface area contributed by atoms with Crippen molar-refractivity contribution >= 4 is 11.3 Å². The second-order valence-electron chi connectivity index (χ2n) is 5.49. The first-order valence-electron chi connectivity index (χ1n) is 6.25. The van der Waals surface area contributed by atoms with Gasteiger partial charge in [0.25, 0.3) is 0 Å². The minimum atomic E-state index is -4.48. The third kappa shape index (κ3) is 4.21. The van der Waals surface area contributed by atoms with Crippen LogP contribution in [0.4, 0.5) is 13.2 Å². The van der Waals surface area contributed by atoms with Crippen LogP contribution in [-0.4, -0.2) is 20.5 Å². The summed E-state index contributed by atoms with van der Waals surface area (Å²) in [5.74, 6) is 0. The van der Waals surface area contributed by atoms with E-state index in [1.54, 1.807) is 6.07 Å². The highest BCUT2D eigenvalue weighted by molar-refractivity contribution is 7.15. The molecule has 0 amide bonds. The third-order valence-corrected chi connectivity index (χ3v) is 3.62. The molecule has 4 nitrogen and oxygen atoms in total. The zero-order valence-corrected chi connectivity index (χ0v) is 12.6. The van der Waals surface area contributed by atoms with Crippen molar-refractivity contribution in [1.29, 1.82) is 0 Å². The maximum absolute atomic E-state index is 13.1. The van der Waals surface area contributed by atoms with Gasteiger partial charge in [-0.15, -0.1) is 11.3 Å². The fraction of sp³-hybridized carbons (Fsp3) is 0.462. The molecule has 2 heterocycles. The van der Waals surface area contributed by atoms with Crippen molar-refractivity contribution in [3.63, 3.8) is 0 Å². The van der Waals surface area contributed by atoms with E-state index in [0.29, 0.717) is 5.69 Å². The summed E-state index contributed by atoms with van der Waals surface area (Å²) in [5, 5.41) is 3.30. The van der Waals surface area contributed by atoms with Gasteiger partial charge in [-0.05, 0) is 26.8 Å². The van der Waals surface area contributed by atoms with Crippen molar-refractivity contribution in [3.8, 4) is 10.7 Å².